The first-order chi connectivity index (χ1) is 12.1. The molecule has 0 bridgehead atoms. The van der Waals surface area contributed by atoms with E-state index in [0.29, 0.717) is 18.7 Å². The molecule has 3 heterocycles. The fourth-order valence-corrected chi connectivity index (χ4v) is 3.32. The van der Waals surface area contributed by atoms with Gasteiger partial charge in [-0.15, -0.1) is 5.10 Å². The minimum atomic E-state index is -0.428. The Labute approximate surface area is 142 Å². The summed E-state index contributed by atoms with van der Waals surface area (Å²) in [6.07, 6.45) is 3.01. The third-order valence-corrected chi connectivity index (χ3v) is 4.77. The first-order valence-electron chi connectivity index (χ1n) is 8.19. The number of halogens is 1. The number of amides is 1. The predicted octanol–water partition coefficient (Wildman–Crippen LogP) is 1.92. The number of tetrazole rings is 1. The molecule has 1 fully saturated rings. The van der Waals surface area contributed by atoms with Gasteiger partial charge >= 0.3 is 0 Å². The molecule has 1 unspecified atom stereocenters. The van der Waals surface area contributed by atoms with Gasteiger partial charge in [0.1, 0.15) is 18.2 Å². The number of piperidine rings is 1. The van der Waals surface area contributed by atoms with Crippen molar-refractivity contribution in [2.24, 2.45) is 0 Å². The molecule has 0 N–H and O–H groups in total. The van der Waals surface area contributed by atoms with Crippen LogP contribution < -0.4 is 0 Å². The summed E-state index contributed by atoms with van der Waals surface area (Å²) >= 11 is 0. The van der Waals surface area contributed by atoms with Crippen LogP contribution in [-0.2, 0) is 4.79 Å². The SMILES string of the molecule is CC(C(=O)N1CCC(c2noc3cc(F)ccc23)CC1)n1cnnn1. The Hall–Kier alpha value is -2.84. The lowest BCUT2D eigenvalue weighted by atomic mass is 9.91. The lowest BCUT2D eigenvalue weighted by Crippen LogP contribution is -2.41. The lowest BCUT2D eigenvalue weighted by molar-refractivity contribution is -0.135. The van der Waals surface area contributed by atoms with Gasteiger partial charge in [-0.3, -0.25) is 4.79 Å². The summed E-state index contributed by atoms with van der Waals surface area (Å²) in [6, 6.07) is 4.03. The molecular formula is C16H17FN6O2. The number of carbonyl (C=O) groups is 1. The highest BCUT2D eigenvalue weighted by molar-refractivity contribution is 5.81. The van der Waals surface area contributed by atoms with Crippen molar-refractivity contribution in [3.63, 3.8) is 0 Å². The Morgan fingerprint density at radius 2 is 2.16 bits per heavy atom. The van der Waals surface area contributed by atoms with Crippen LogP contribution in [0.5, 0.6) is 0 Å². The molecule has 0 spiro atoms. The van der Waals surface area contributed by atoms with E-state index >= 15 is 0 Å². The summed E-state index contributed by atoms with van der Waals surface area (Å²) in [5.41, 5.74) is 1.30. The van der Waals surface area contributed by atoms with Crippen LogP contribution in [0.2, 0.25) is 0 Å². The number of rotatable bonds is 3. The second-order valence-corrected chi connectivity index (χ2v) is 6.27. The fraction of sp³-hybridized carbons (Fsp3) is 0.438. The van der Waals surface area contributed by atoms with Crippen LogP contribution in [0.3, 0.4) is 0 Å². The summed E-state index contributed by atoms with van der Waals surface area (Å²) in [4.78, 5) is 14.4. The molecule has 3 aromatic rings. The van der Waals surface area contributed by atoms with E-state index in [4.69, 9.17) is 4.52 Å². The average Bonchev–Trinajstić information content (AvgIpc) is 3.30. The minimum Gasteiger partial charge on any atom is -0.356 e. The topological polar surface area (TPSA) is 89.9 Å². The van der Waals surface area contributed by atoms with E-state index in [1.807, 2.05) is 4.90 Å². The number of likely N-dealkylation sites (tertiary alicyclic amines) is 1. The molecular weight excluding hydrogens is 327 g/mol. The Morgan fingerprint density at radius 1 is 1.36 bits per heavy atom. The highest BCUT2D eigenvalue weighted by Gasteiger charge is 2.30. The number of hydrogen-bond acceptors (Lipinski definition) is 6. The van der Waals surface area contributed by atoms with Gasteiger partial charge in [-0.2, -0.15) is 0 Å². The fourth-order valence-electron chi connectivity index (χ4n) is 3.32. The number of hydrogen-bond donors (Lipinski definition) is 0. The van der Waals surface area contributed by atoms with Crippen LogP contribution in [0.4, 0.5) is 4.39 Å². The van der Waals surface area contributed by atoms with Crippen LogP contribution in [0.1, 0.15) is 37.4 Å². The van der Waals surface area contributed by atoms with E-state index in [0.717, 1.165) is 23.9 Å². The van der Waals surface area contributed by atoms with Crippen molar-refractivity contribution in [3.05, 3.63) is 36.0 Å². The molecule has 4 rings (SSSR count). The molecule has 1 atom stereocenters. The number of fused-ring (bicyclic) bond motifs is 1. The molecule has 8 nitrogen and oxygen atoms in total. The number of carbonyl (C=O) groups excluding carboxylic acids is 1. The van der Waals surface area contributed by atoms with E-state index in [1.54, 1.807) is 13.0 Å². The minimum absolute atomic E-state index is 0.00201. The van der Waals surface area contributed by atoms with Crippen molar-refractivity contribution in [1.29, 1.82) is 0 Å². The van der Waals surface area contributed by atoms with Crippen LogP contribution in [-0.4, -0.2) is 49.3 Å². The largest absolute Gasteiger partial charge is 0.356 e. The van der Waals surface area contributed by atoms with Crippen molar-refractivity contribution in [1.82, 2.24) is 30.3 Å². The third-order valence-electron chi connectivity index (χ3n) is 4.77. The monoisotopic (exact) mass is 344 g/mol. The quantitative estimate of drug-likeness (QED) is 0.721. The highest BCUT2D eigenvalue weighted by atomic mass is 19.1. The zero-order valence-electron chi connectivity index (χ0n) is 13.7. The Morgan fingerprint density at radius 3 is 2.88 bits per heavy atom. The number of nitrogens with zero attached hydrogens (tertiary/aromatic N) is 6. The van der Waals surface area contributed by atoms with Crippen LogP contribution >= 0.6 is 0 Å². The molecule has 0 radical (unpaired) electrons. The van der Waals surface area contributed by atoms with E-state index in [9.17, 15) is 9.18 Å². The Balaban J connectivity index is 1.45. The zero-order valence-corrected chi connectivity index (χ0v) is 13.7. The van der Waals surface area contributed by atoms with Gasteiger partial charge in [0.05, 0.1) is 5.69 Å². The number of benzene rings is 1. The van der Waals surface area contributed by atoms with Crippen LogP contribution in [0.25, 0.3) is 11.0 Å². The second-order valence-electron chi connectivity index (χ2n) is 6.27. The first-order valence-corrected chi connectivity index (χ1v) is 8.19. The van der Waals surface area contributed by atoms with E-state index in [2.05, 4.69) is 20.7 Å². The lowest BCUT2D eigenvalue weighted by Gasteiger charge is -2.32. The Bertz CT molecular complexity index is 885. The summed E-state index contributed by atoms with van der Waals surface area (Å²) in [6.45, 7) is 3.04. The zero-order chi connectivity index (χ0) is 17.4. The smallest absolute Gasteiger partial charge is 0.247 e. The molecule has 25 heavy (non-hydrogen) atoms. The molecule has 1 aliphatic rings. The average molecular weight is 344 g/mol. The molecule has 1 saturated heterocycles. The molecule has 0 aliphatic carbocycles. The molecule has 1 aliphatic heterocycles. The van der Waals surface area contributed by atoms with Gasteiger partial charge < -0.3 is 9.42 Å². The van der Waals surface area contributed by atoms with Gasteiger partial charge in [-0.1, -0.05) is 5.16 Å². The number of aromatic nitrogens is 5. The maximum absolute atomic E-state index is 13.3. The van der Waals surface area contributed by atoms with Gasteiger partial charge in [0.2, 0.25) is 5.91 Å². The van der Waals surface area contributed by atoms with E-state index < -0.39 is 6.04 Å². The van der Waals surface area contributed by atoms with Gasteiger partial charge in [0, 0.05) is 30.5 Å². The predicted molar refractivity (Wildman–Crippen MR) is 85.1 cm³/mol. The standard InChI is InChI=1S/C16H17FN6O2/c1-10(23-9-18-20-21-23)16(24)22-6-4-11(5-7-22)15-13-3-2-12(17)8-14(13)25-19-15/h2-3,8-11H,4-7H2,1H3. The molecule has 2 aromatic heterocycles. The molecule has 9 heteroatoms. The maximum Gasteiger partial charge on any atom is 0.247 e. The van der Waals surface area contributed by atoms with E-state index in [1.165, 1.54) is 23.1 Å². The first kappa shape index (κ1) is 15.7. The third kappa shape index (κ3) is 2.86. The van der Waals surface area contributed by atoms with Gasteiger partial charge in [-0.25, -0.2) is 9.07 Å². The van der Waals surface area contributed by atoms with Crippen molar-refractivity contribution in [2.45, 2.75) is 31.7 Å². The molecule has 0 saturated carbocycles. The maximum atomic E-state index is 13.3. The van der Waals surface area contributed by atoms with Gasteiger partial charge in [0.25, 0.3) is 0 Å². The molecule has 1 aromatic carbocycles. The Kier molecular flexibility index (Phi) is 3.90. The summed E-state index contributed by atoms with van der Waals surface area (Å²) in [5.74, 6) is -0.149. The van der Waals surface area contributed by atoms with Crippen molar-refractivity contribution < 1.29 is 13.7 Å². The van der Waals surface area contributed by atoms with Crippen LogP contribution in [0, 0.1) is 5.82 Å². The summed E-state index contributed by atoms with van der Waals surface area (Å²) in [7, 11) is 0. The molecule has 130 valence electrons. The van der Waals surface area contributed by atoms with Gasteiger partial charge in [-0.05, 0) is 42.3 Å². The van der Waals surface area contributed by atoms with Gasteiger partial charge in [0.15, 0.2) is 5.58 Å². The molecule has 1 amide bonds. The highest BCUT2D eigenvalue weighted by Crippen LogP contribution is 2.33. The van der Waals surface area contributed by atoms with Crippen molar-refractivity contribution in [2.75, 3.05) is 13.1 Å². The second kappa shape index (κ2) is 6.23. The normalized spacial score (nSPS) is 17.1. The van der Waals surface area contributed by atoms with E-state index in [-0.39, 0.29) is 17.6 Å². The van der Waals surface area contributed by atoms with Crippen LogP contribution in [0.15, 0.2) is 29.0 Å². The summed E-state index contributed by atoms with van der Waals surface area (Å²) < 4.78 is 20.0. The summed E-state index contributed by atoms with van der Waals surface area (Å²) in [5, 5.41) is 15.9. The van der Waals surface area contributed by atoms with Crippen molar-refractivity contribution >= 4 is 16.9 Å². The van der Waals surface area contributed by atoms with Crippen molar-refractivity contribution in [3.8, 4) is 0 Å².